The smallest absolute Gasteiger partial charge is 0.290 e. The Kier molecular flexibility index (Phi) is 1.60. The minimum atomic E-state index is -1.36. The van der Waals surface area contributed by atoms with Gasteiger partial charge in [-0.25, -0.2) is 0 Å². The van der Waals surface area contributed by atoms with Gasteiger partial charge in [0.25, 0.3) is 0 Å². The predicted molar refractivity (Wildman–Crippen MR) is 46.7 cm³/mol. The minimum absolute atomic E-state index is 0.335. The topological polar surface area (TPSA) is 103 Å². The second kappa shape index (κ2) is 2.59. The van der Waals surface area contributed by atoms with E-state index >= 15 is 0 Å². The maximum Gasteiger partial charge on any atom is 0.345 e. The average molecular weight is 208 g/mol. The summed E-state index contributed by atoms with van der Waals surface area (Å²) in [5, 5.41) is 21.0. The molecule has 0 bridgehead atoms. The summed E-state index contributed by atoms with van der Waals surface area (Å²) in [7, 11) is 0. The van der Waals surface area contributed by atoms with Crippen molar-refractivity contribution < 1.29 is 14.6 Å². The van der Waals surface area contributed by atoms with Crippen LogP contribution in [0.2, 0.25) is 0 Å². The van der Waals surface area contributed by atoms with E-state index in [0.29, 0.717) is 0 Å². The van der Waals surface area contributed by atoms with Gasteiger partial charge in [0.2, 0.25) is 5.41 Å². The van der Waals surface area contributed by atoms with Crippen LogP contribution in [0, 0.1) is 25.6 Å². The van der Waals surface area contributed by atoms with E-state index in [-0.39, 0.29) is 5.78 Å². The van der Waals surface area contributed by atoms with Gasteiger partial charge in [-0.3, -0.25) is 25.0 Å². The van der Waals surface area contributed by atoms with Gasteiger partial charge in [0.15, 0.2) is 5.78 Å². The van der Waals surface area contributed by atoms with E-state index in [0.717, 1.165) is 12.2 Å². The van der Waals surface area contributed by atoms with Crippen molar-refractivity contribution in [2.24, 2.45) is 5.41 Å². The molecule has 0 saturated heterocycles. The second-order valence-corrected chi connectivity index (χ2v) is 3.15. The largest absolute Gasteiger partial charge is 0.345 e. The molecular formula is C8H4N2O5. The van der Waals surface area contributed by atoms with Crippen molar-refractivity contribution in [3.63, 3.8) is 0 Å². The Morgan fingerprint density at radius 2 is 1.40 bits per heavy atom. The molecule has 2 rings (SSSR count). The number of nitro groups is 2. The molecule has 76 valence electrons. The number of hydrogen-bond acceptors (Lipinski definition) is 5. The van der Waals surface area contributed by atoms with E-state index < -0.39 is 26.7 Å². The molecular weight excluding hydrogens is 204 g/mol. The zero-order valence-corrected chi connectivity index (χ0v) is 7.25. The molecule has 0 amide bonds. The van der Waals surface area contributed by atoms with E-state index in [2.05, 4.69) is 0 Å². The van der Waals surface area contributed by atoms with Crippen LogP contribution in [0.4, 0.5) is 0 Å². The van der Waals surface area contributed by atoms with Crippen LogP contribution < -0.4 is 0 Å². The number of carbonyl (C=O) groups is 1. The summed E-state index contributed by atoms with van der Waals surface area (Å²) < 4.78 is 0. The van der Waals surface area contributed by atoms with Crippen LogP contribution in [-0.2, 0) is 4.79 Å². The SMILES string of the molecule is O=C1C=CC2(C=C1)C([N+](=O)[O-])=C2[N+](=O)[O-]. The lowest BCUT2D eigenvalue weighted by atomic mass is 9.95. The first-order valence-corrected chi connectivity index (χ1v) is 3.95. The van der Waals surface area contributed by atoms with Gasteiger partial charge in [-0.1, -0.05) is 0 Å². The van der Waals surface area contributed by atoms with Gasteiger partial charge >= 0.3 is 11.4 Å². The summed E-state index contributed by atoms with van der Waals surface area (Å²) in [4.78, 5) is 30.3. The molecule has 0 aromatic carbocycles. The zero-order valence-electron chi connectivity index (χ0n) is 7.25. The van der Waals surface area contributed by atoms with E-state index in [1.165, 1.54) is 12.2 Å². The maximum absolute atomic E-state index is 10.8. The lowest BCUT2D eigenvalue weighted by Gasteiger charge is -2.03. The van der Waals surface area contributed by atoms with Crippen LogP contribution in [0.25, 0.3) is 0 Å². The molecule has 15 heavy (non-hydrogen) atoms. The van der Waals surface area contributed by atoms with Crippen LogP contribution in [0.1, 0.15) is 0 Å². The van der Waals surface area contributed by atoms with Gasteiger partial charge in [0.1, 0.15) is 0 Å². The van der Waals surface area contributed by atoms with Crippen molar-refractivity contribution in [3.05, 3.63) is 55.9 Å². The van der Waals surface area contributed by atoms with Gasteiger partial charge in [-0.05, 0) is 24.3 Å². The molecule has 0 aromatic heterocycles. The van der Waals surface area contributed by atoms with Crippen molar-refractivity contribution in [2.45, 2.75) is 0 Å². The molecule has 1 spiro atoms. The zero-order chi connectivity index (χ0) is 11.2. The maximum atomic E-state index is 10.8. The van der Waals surface area contributed by atoms with Gasteiger partial charge in [-0.15, -0.1) is 0 Å². The molecule has 0 N–H and O–H groups in total. The van der Waals surface area contributed by atoms with Gasteiger partial charge in [0, 0.05) is 0 Å². The third-order valence-corrected chi connectivity index (χ3v) is 2.33. The third kappa shape index (κ3) is 1.09. The predicted octanol–water partition coefficient (Wildman–Crippen LogP) is 0.446. The lowest BCUT2D eigenvalue weighted by Crippen LogP contribution is -2.11. The Morgan fingerprint density at radius 3 is 1.73 bits per heavy atom. The summed E-state index contributed by atoms with van der Waals surface area (Å²) >= 11 is 0. The first-order chi connectivity index (χ1) is 6.99. The van der Waals surface area contributed by atoms with Gasteiger partial charge < -0.3 is 0 Å². The molecule has 7 heteroatoms. The Morgan fingerprint density at radius 1 is 1.00 bits per heavy atom. The van der Waals surface area contributed by atoms with Gasteiger partial charge in [0.05, 0.1) is 9.85 Å². The van der Waals surface area contributed by atoms with Gasteiger partial charge in [-0.2, -0.15) is 0 Å². The second-order valence-electron chi connectivity index (χ2n) is 3.15. The van der Waals surface area contributed by atoms with Crippen molar-refractivity contribution in [1.29, 1.82) is 0 Å². The first-order valence-electron chi connectivity index (χ1n) is 3.95. The molecule has 0 saturated carbocycles. The highest BCUT2D eigenvalue weighted by Gasteiger charge is 2.71. The summed E-state index contributed by atoms with van der Waals surface area (Å²) in [6.07, 6.45) is 4.57. The van der Waals surface area contributed by atoms with E-state index in [9.17, 15) is 25.0 Å². The van der Waals surface area contributed by atoms with E-state index in [1.807, 2.05) is 0 Å². The fourth-order valence-electron chi connectivity index (χ4n) is 1.61. The minimum Gasteiger partial charge on any atom is -0.290 e. The molecule has 0 aromatic rings. The lowest BCUT2D eigenvalue weighted by molar-refractivity contribution is -0.441. The van der Waals surface area contributed by atoms with Crippen LogP contribution >= 0.6 is 0 Å². The molecule has 0 aliphatic heterocycles. The molecule has 0 unspecified atom stereocenters. The Hall–Kier alpha value is -2.31. The number of ketones is 1. The Labute approximate surface area is 82.7 Å². The molecule has 0 fully saturated rings. The van der Waals surface area contributed by atoms with E-state index in [1.54, 1.807) is 0 Å². The van der Waals surface area contributed by atoms with Crippen molar-refractivity contribution in [1.82, 2.24) is 0 Å². The van der Waals surface area contributed by atoms with Crippen LogP contribution in [0.15, 0.2) is 35.7 Å². The number of nitrogens with zero attached hydrogens (tertiary/aromatic N) is 2. The summed E-state index contributed by atoms with van der Waals surface area (Å²) in [6, 6.07) is 0. The summed E-state index contributed by atoms with van der Waals surface area (Å²) in [5.74, 6) is -0.335. The number of allylic oxidation sites excluding steroid dienone is 4. The van der Waals surface area contributed by atoms with Crippen LogP contribution in [0.3, 0.4) is 0 Å². The molecule has 7 nitrogen and oxygen atoms in total. The number of rotatable bonds is 2. The Balaban J connectivity index is 2.41. The quantitative estimate of drug-likeness (QED) is 0.484. The first kappa shape index (κ1) is 9.25. The normalized spacial score (nSPS) is 20.9. The molecule has 2 aliphatic rings. The summed E-state index contributed by atoms with van der Waals surface area (Å²) in [6.45, 7) is 0. The average Bonchev–Trinajstić information content (AvgIpc) is 2.80. The van der Waals surface area contributed by atoms with Crippen LogP contribution in [0.5, 0.6) is 0 Å². The Bertz CT molecular complexity index is 443. The monoisotopic (exact) mass is 208 g/mol. The molecule has 0 radical (unpaired) electrons. The number of carbonyl (C=O) groups excluding carboxylic acids is 1. The highest BCUT2D eigenvalue weighted by Crippen LogP contribution is 2.56. The van der Waals surface area contributed by atoms with Crippen LogP contribution in [-0.4, -0.2) is 15.6 Å². The highest BCUT2D eigenvalue weighted by molar-refractivity contribution is 6.01. The fraction of sp³-hybridized carbons (Fsp3) is 0.125. The number of hydrogen-bond donors (Lipinski definition) is 0. The molecule has 2 aliphatic carbocycles. The fourth-order valence-corrected chi connectivity index (χ4v) is 1.61. The molecule has 0 heterocycles. The third-order valence-electron chi connectivity index (χ3n) is 2.33. The highest BCUT2D eigenvalue weighted by atomic mass is 16.6. The van der Waals surface area contributed by atoms with Crippen molar-refractivity contribution in [3.8, 4) is 0 Å². The van der Waals surface area contributed by atoms with E-state index in [4.69, 9.17) is 0 Å². The van der Waals surface area contributed by atoms with Crippen molar-refractivity contribution in [2.75, 3.05) is 0 Å². The standard InChI is InChI=1S/C8H4N2O5/c11-5-1-3-8(4-2-5)6(9(12)13)7(8)10(14)15/h1-4H. The van der Waals surface area contributed by atoms with Crippen molar-refractivity contribution >= 4 is 5.78 Å². The molecule has 0 atom stereocenters. The summed E-state index contributed by atoms with van der Waals surface area (Å²) in [5.41, 5.74) is -2.29.